The number of hydrogen-bond acceptors (Lipinski definition) is 3. The molecular weight excluding hydrogens is 223 g/mol. The first-order valence-electron chi connectivity index (χ1n) is 5.36. The van der Waals surface area contributed by atoms with Gasteiger partial charge in [-0.2, -0.15) is 0 Å². The Morgan fingerprint density at radius 1 is 1.53 bits per heavy atom. The summed E-state index contributed by atoms with van der Waals surface area (Å²) in [5, 5.41) is 11.4. The Morgan fingerprint density at radius 3 is 2.71 bits per heavy atom. The van der Waals surface area contributed by atoms with Crippen LogP contribution in [0.25, 0.3) is 0 Å². The van der Waals surface area contributed by atoms with Crippen LogP contribution in [0, 0.1) is 5.82 Å². The molecule has 0 spiro atoms. The van der Waals surface area contributed by atoms with E-state index in [0.29, 0.717) is 0 Å². The van der Waals surface area contributed by atoms with Crippen molar-refractivity contribution in [3.63, 3.8) is 0 Å². The van der Waals surface area contributed by atoms with Crippen molar-refractivity contribution in [3.05, 3.63) is 29.6 Å². The minimum atomic E-state index is -0.579. The average molecular weight is 240 g/mol. The van der Waals surface area contributed by atoms with Crippen LogP contribution >= 0.6 is 0 Å². The summed E-state index contributed by atoms with van der Waals surface area (Å²) >= 11 is 0. The maximum atomic E-state index is 13.6. The van der Waals surface area contributed by atoms with Gasteiger partial charge in [-0.1, -0.05) is 18.1 Å². The highest BCUT2D eigenvalue weighted by Crippen LogP contribution is 2.26. The van der Waals surface area contributed by atoms with Crippen LogP contribution in [0.3, 0.4) is 0 Å². The Hall–Kier alpha value is -1.78. The molecule has 0 fully saturated rings. The second-order valence-electron chi connectivity index (χ2n) is 4.31. The van der Waals surface area contributed by atoms with Crippen LogP contribution < -0.4 is 10.5 Å². The highest BCUT2D eigenvalue weighted by molar-refractivity contribution is 5.99. The van der Waals surface area contributed by atoms with Crippen LogP contribution in [-0.4, -0.2) is 16.6 Å². The first kappa shape index (κ1) is 13.3. The van der Waals surface area contributed by atoms with Gasteiger partial charge < -0.3 is 15.7 Å². The fourth-order valence-electron chi connectivity index (χ4n) is 1.26. The van der Waals surface area contributed by atoms with Crippen molar-refractivity contribution in [2.75, 3.05) is 0 Å². The molecular formula is C12H17FN2O2. The van der Waals surface area contributed by atoms with Crippen molar-refractivity contribution < 1.29 is 14.3 Å². The molecule has 1 rings (SSSR count). The number of ether oxygens (including phenoxy) is 1. The monoisotopic (exact) mass is 240 g/mol. The summed E-state index contributed by atoms with van der Waals surface area (Å²) in [6, 6.07) is 4.34. The zero-order valence-corrected chi connectivity index (χ0v) is 10.2. The maximum absolute atomic E-state index is 13.6. The lowest BCUT2D eigenvalue weighted by molar-refractivity contribution is 0.104. The van der Waals surface area contributed by atoms with E-state index in [2.05, 4.69) is 5.16 Å². The predicted octanol–water partition coefficient (Wildman–Crippen LogP) is 2.49. The highest BCUT2D eigenvalue weighted by atomic mass is 19.1. The number of nitrogens with two attached hydrogens (primary N) is 1. The standard InChI is InChI=1S/C12H17FN2O2/c1-4-12(2,3)17-9-7-5-6-8(13)10(9)11(14)15-16/h5-7,16H,4H2,1-3H3,(H2,14,15). The molecule has 3 N–H and O–H groups in total. The minimum Gasteiger partial charge on any atom is -0.487 e. The molecule has 0 aromatic heterocycles. The van der Waals surface area contributed by atoms with Gasteiger partial charge in [0.1, 0.15) is 17.2 Å². The van der Waals surface area contributed by atoms with E-state index >= 15 is 0 Å². The molecule has 17 heavy (non-hydrogen) atoms. The highest BCUT2D eigenvalue weighted by Gasteiger charge is 2.21. The van der Waals surface area contributed by atoms with Gasteiger partial charge in [0, 0.05) is 0 Å². The number of amidine groups is 1. The van der Waals surface area contributed by atoms with E-state index in [1.165, 1.54) is 12.1 Å². The molecule has 94 valence electrons. The Labute approximate surface area is 99.9 Å². The van der Waals surface area contributed by atoms with E-state index in [0.717, 1.165) is 6.42 Å². The van der Waals surface area contributed by atoms with Crippen molar-refractivity contribution in [1.82, 2.24) is 0 Å². The molecule has 5 heteroatoms. The van der Waals surface area contributed by atoms with Crippen molar-refractivity contribution in [2.24, 2.45) is 10.9 Å². The van der Waals surface area contributed by atoms with Crippen molar-refractivity contribution in [3.8, 4) is 5.75 Å². The summed E-state index contributed by atoms with van der Waals surface area (Å²) in [6.45, 7) is 5.73. The summed E-state index contributed by atoms with van der Waals surface area (Å²) in [4.78, 5) is 0. The van der Waals surface area contributed by atoms with Gasteiger partial charge in [-0.3, -0.25) is 0 Å². The van der Waals surface area contributed by atoms with E-state index in [4.69, 9.17) is 15.7 Å². The number of oxime groups is 1. The SMILES string of the molecule is CCC(C)(C)Oc1cccc(F)c1C(N)=NO. The van der Waals surface area contributed by atoms with E-state index in [1.807, 2.05) is 20.8 Å². The predicted molar refractivity (Wildman–Crippen MR) is 63.9 cm³/mol. The lowest BCUT2D eigenvalue weighted by Gasteiger charge is -2.26. The fraction of sp³-hybridized carbons (Fsp3) is 0.417. The lowest BCUT2D eigenvalue weighted by Crippen LogP contribution is -2.28. The molecule has 1 aromatic rings. The molecule has 1 aromatic carbocycles. The first-order valence-corrected chi connectivity index (χ1v) is 5.36. The quantitative estimate of drug-likeness (QED) is 0.368. The maximum Gasteiger partial charge on any atom is 0.176 e. The lowest BCUT2D eigenvalue weighted by atomic mass is 10.1. The van der Waals surface area contributed by atoms with Gasteiger partial charge in [-0.25, -0.2) is 4.39 Å². The molecule has 0 aliphatic heterocycles. The third-order valence-corrected chi connectivity index (χ3v) is 2.58. The van der Waals surface area contributed by atoms with Crippen molar-refractivity contribution in [1.29, 1.82) is 0 Å². The molecule has 0 saturated carbocycles. The van der Waals surface area contributed by atoms with Crippen molar-refractivity contribution in [2.45, 2.75) is 32.8 Å². The number of nitrogens with zero attached hydrogens (tertiary/aromatic N) is 1. The van der Waals surface area contributed by atoms with Gasteiger partial charge in [-0.05, 0) is 32.4 Å². The van der Waals surface area contributed by atoms with Crippen LogP contribution in [0.1, 0.15) is 32.8 Å². The second-order valence-corrected chi connectivity index (χ2v) is 4.31. The van der Waals surface area contributed by atoms with Gasteiger partial charge in [0.05, 0.1) is 5.56 Å². The largest absolute Gasteiger partial charge is 0.487 e. The molecule has 0 radical (unpaired) electrons. The Kier molecular flexibility index (Phi) is 3.93. The normalized spacial score (nSPS) is 12.6. The molecule has 0 bridgehead atoms. The molecule has 0 heterocycles. The first-order chi connectivity index (χ1) is 7.91. The molecule has 0 amide bonds. The summed E-state index contributed by atoms with van der Waals surface area (Å²) < 4.78 is 19.3. The van der Waals surface area contributed by atoms with Gasteiger partial charge >= 0.3 is 0 Å². The number of hydrogen-bond donors (Lipinski definition) is 2. The Morgan fingerprint density at radius 2 is 2.18 bits per heavy atom. The van der Waals surface area contributed by atoms with Crippen LogP contribution in [0.4, 0.5) is 4.39 Å². The molecule has 0 unspecified atom stereocenters. The summed E-state index contributed by atoms with van der Waals surface area (Å²) in [5.41, 5.74) is 4.97. The van der Waals surface area contributed by atoms with Gasteiger partial charge in [-0.15, -0.1) is 0 Å². The topological polar surface area (TPSA) is 67.8 Å². The summed E-state index contributed by atoms with van der Waals surface area (Å²) in [5.74, 6) is -0.609. The van der Waals surface area contributed by atoms with Crippen LogP contribution in [-0.2, 0) is 0 Å². The number of benzene rings is 1. The zero-order chi connectivity index (χ0) is 13.1. The molecule has 4 nitrogen and oxygen atoms in total. The summed E-state index contributed by atoms with van der Waals surface area (Å²) in [6.07, 6.45) is 0.749. The van der Waals surface area contributed by atoms with E-state index in [1.54, 1.807) is 6.07 Å². The number of halogens is 1. The van der Waals surface area contributed by atoms with E-state index < -0.39 is 11.4 Å². The summed E-state index contributed by atoms with van der Waals surface area (Å²) in [7, 11) is 0. The second kappa shape index (κ2) is 5.03. The molecule has 0 atom stereocenters. The smallest absolute Gasteiger partial charge is 0.176 e. The fourth-order valence-corrected chi connectivity index (χ4v) is 1.26. The van der Waals surface area contributed by atoms with Crippen molar-refractivity contribution >= 4 is 5.84 Å². The zero-order valence-electron chi connectivity index (χ0n) is 10.2. The van der Waals surface area contributed by atoms with Gasteiger partial charge in [0.2, 0.25) is 0 Å². The average Bonchev–Trinajstić information content (AvgIpc) is 2.28. The Balaban J connectivity index is 3.21. The van der Waals surface area contributed by atoms with Crippen LogP contribution in [0.15, 0.2) is 23.4 Å². The Bertz CT molecular complexity index is 431. The molecule has 0 aliphatic carbocycles. The van der Waals surface area contributed by atoms with E-state index in [9.17, 15) is 4.39 Å². The van der Waals surface area contributed by atoms with E-state index in [-0.39, 0.29) is 17.1 Å². The van der Waals surface area contributed by atoms with Crippen LogP contribution in [0.5, 0.6) is 5.75 Å². The third kappa shape index (κ3) is 3.09. The molecule has 0 saturated heterocycles. The van der Waals surface area contributed by atoms with Crippen LogP contribution in [0.2, 0.25) is 0 Å². The minimum absolute atomic E-state index is 0.0171. The van der Waals surface area contributed by atoms with Gasteiger partial charge in [0.15, 0.2) is 5.84 Å². The van der Waals surface area contributed by atoms with Gasteiger partial charge in [0.25, 0.3) is 0 Å². The third-order valence-electron chi connectivity index (χ3n) is 2.58. The molecule has 0 aliphatic rings. The number of rotatable bonds is 4.